The summed E-state index contributed by atoms with van der Waals surface area (Å²) in [7, 11) is 0. The number of benzene rings is 2. The molecule has 0 spiro atoms. The quantitative estimate of drug-likeness (QED) is 0.0892. The SMILES string of the molecule is Cc1ncsc1-c1ccc(CNC(=O)[C@@H]2C[C@H](O)CN2C(=O)[C@@H](NC(=O)COCCCCOc2ccc(C(=O)NC3C(C)(C)C(OC4=Nn5c(nnc5C(F)(F)F)CC4)C3(C)C)cc2)C(C)(C)C)cc1. The van der Waals surface area contributed by atoms with Gasteiger partial charge in [0.1, 0.15) is 30.5 Å². The van der Waals surface area contributed by atoms with Crippen molar-refractivity contribution in [2.75, 3.05) is 26.4 Å². The number of nitrogens with zero attached hydrogens (tertiary/aromatic N) is 6. The van der Waals surface area contributed by atoms with Crippen LogP contribution in [0.15, 0.2) is 59.1 Å². The number of aliphatic hydroxyl groups excluding tert-OH is 1. The van der Waals surface area contributed by atoms with E-state index in [2.05, 4.69) is 36.2 Å². The molecule has 2 fully saturated rings. The number of aromatic nitrogens is 4. The first-order chi connectivity index (χ1) is 32.9. The molecule has 3 atom stereocenters. The molecule has 4 aromatic rings. The number of hydrogen-bond acceptors (Lipinski definition) is 13. The highest BCUT2D eigenvalue weighted by Crippen LogP contribution is 2.56. The second-order valence-electron chi connectivity index (χ2n) is 20.4. The Balaban J connectivity index is 0.808. The zero-order valence-corrected chi connectivity index (χ0v) is 41.5. The van der Waals surface area contributed by atoms with Crippen LogP contribution in [0.2, 0.25) is 0 Å². The van der Waals surface area contributed by atoms with Crippen LogP contribution in [0.5, 0.6) is 5.75 Å². The summed E-state index contributed by atoms with van der Waals surface area (Å²) in [6.45, 7) is 15.7. The predicted octanol–water partition coefficient (Wildman–Crippen LogP) is 6.07. The monoisotopic (exact) mass is 993 g/mol. The maximum atomic E-state index is 14.0. The molecule has 2 aliphatic heterocycles. The predicted molar refractivity (Wildman–Crippen MR) is 254 cm³/mol. The second kappa shape index (κ2) is 20.8. The Bertz CT molecular complexity index is 2540. The number of aliphatic hydroxyl groups is 1. The normalized spacial score (nSPS) is 20.9. The number of aryl methyl sites for hydroxylation is 2. The lowest BCUT2D eigenvalue weighted by atomic mass is 9.49. The van der Waals surface area contributed by atoms with Crippen LogP contribution >= 0.6 is 11.3 Å². The molecule has 17 nitrogen and oxygen atoms in total. The van der Waals surface area contributed by atoms with Crippen LogP contribution in [0, 0.1) is 23.2 Å². The zero-order chi connectivity index (χ0) is 50.8. The Kier molecular flexibility index (Phi) is 15.4. The highest BCUT2D eigenvalue weighted by molar-refractivity contribution is 7.13. The molecule has 4 amide bonds. The minimum Gasteiger partial charge on any atom is -0.494 e. The fraction of sp³-hybridized carbons (Fsp3) is 0.551. The maximum Gasteiger partial charge on any atom is 0.453 e. The molecule has 1 saturated heterocycles. The van der Waals surface area contributed by atoms with Gasteiger partial charge in [-0.25, -0.2) is 4.98 Å². The van der Waals surface area contributed by atoms with Crippen molar-refractivity contribution < 1.29 is 51.7 Å². The van der Waals surface area contributed by atoms with Crippen molar-refractivity contribution in [2.45, 2.75) is 131 Å². The fourth-order valence-corrected chi connectivity index (χ4v) is 10.5. The number of hydrogen-bond donors (Lipinski definition) is 4. The van der Waals surface area contributed by atoms with E-state index in [1.165, 1.54) is 4.90 Å². The van der Waals surface area contributed by atoms with Gasteiger partial charge in [0.05, 0.1) is 28.8 Å². The van der Waals surface area contributed by atoms with E-state index in [-0.39, 0.29) is 75.1 Å². The number of β-amino-alcohol motifs (C(OH)–C–C–N with tert-alkyl or cyclic N) is 1. The summed E-state index contributed by atoms with van der Waals surface area (Å²) in [6.07, 6.45) is -4.34. The molecule has 1 saturated carbocycles. The van der Waals surface area contributed by atoms with Gasteiger partial charge in [-0.1, -0.05) is 72.7 Å². The lowest BCUT2D eigenvalue weighted by Crippen LogP contribution is -2.74. The number of unbranched alkanes of at least 4 members (excludes halogenated alkanes) is 1. The van der Waals surface area contributed by atoms with Crippen molar-refractivity contribution in [2.24, 2.45) is 21.3 Å². The van der Waals surface area contributed by atoms with Crippen LogP contribution in [0.25, 0.3) is 10.4 Å². The average molecular weight is 994 g/mol. The van der Waals surface area contributed by atoms with E-state index in [1.807, 2.05) is 79.7 Å². The summed E-state index contributed by atoms with van der Waals surface area (Å²) in [5.74, 6) is -2.03. The van der Waals surface area contributed by atoms with Crippen molar-refractivity contribution in [3.8, 4) is 16.2 Å². The number of rotatable bonds is 17. The molecule has 1 aliphatic carbocycles. The molecule has 3 aliphatic rings. The van der Waals surface area contributed by atoms with E-state index in [9.17, 15) is 37.5 Å². The van der Waals surface area contributed by atoms with Crippen LogP contribution in [0.1, 0.15) is 107 Å². The molecule has 2 aromatic heterocycles. The Hall–Kier alpha value is -5.93. The summed E-state index contributed by atoms with van der Waals surface area (Å²) < 4.78 is 58.8. The van der Waals surface area contributed by atoms with Crippen molar-refractivity contribution in [3.63, 3.8) is 0 Å². The Morgan fingerprint density at radius 1 is 0.943 bits per heavy atom. The van der Waals surface area contributed by atoms with Gasteiger partial charge in [0.2, 0.25) is 23.6 Å². The number of ether oxygens (including phenoxy) is 3. The number of nitrogens with one attached hydrogen (secondary N) is 3. The molecule has 2 aromatic carbocycles. The first kappa shape index (κ1) is 51.9. The zero-order valence-electron chi connectivity index (χ0n) is 40.7. The van der Waals surface area contributed by atoms with Crippen LogP contribution in [0.3, 0.4) is 0 Å². The van der Waals surface area contributed by atoms with Gasteiger partial charge in [0.15, 0.2) is 5.82 Å². The molecular weight excluding hydrogens is 932 g/mol. The summed E-state index contributed by atoms with van der Waals surface area (Å²) in [6, 6.07) is 12.3. The van der Waals surface area contributed by atoms with Crippen molar-refractivity contribution in [1.82, 2.24) is 40.7 Å². The van der Waals surface area contributed by atoms with Gasteiger partial charge in [-0.3, -0.25) is 19.2 Å². The molecule has 378 valence electrons. The van der Waals surface area contributed by atoms with E-state index in [1.54, 1.807) is 41.1 Å². The van der Waals surface area contributed by atoms with Crippen molar-refractivity contribution in [3.05, 3.63) is 82.5 Å². The van der Waals surface area contributed by atoms with E-state index in [4.69, 9.17) is 14.2 Å². The highest BCUT2D eigenvalue weighted by Gasteiger charge is 2.64. The lowest BCUT2D eigenvalue weighted by molar-refractivity contribution is -0.172. The molecular formula is C49H62F3N9O8S. The highest BCUT2D eigenvalue weighted by atomic mass is 32.1. The van der Waals surface area contributed by atoms with Gasteiger partial charge in [-0.2, -0.15) is 17.8 Å². The topological polar surface area (TPSA) is 211 Å². The fourth-order valence-electron chi connectivity index (χ4n) is 9.71. The number of carbonyl (C=O) groups is 4. The van der Waals surface area contributed by atoms with Crippen LogP contribution < -0.4 is 20.7 Å². The van der Waals surface area contributed by atoms with Gasteiger partial charge < -0.3 is 40.2 Å². The molecule has 4 N–H and O–H groups in total. The largest absolute Gasteiger partial charge is 0.494 e. The number of thiazole rings is 1. The maximum absolute atomic E-state index is 14.0. The smallest absolute Gasteiger partial charge is 0.453 e. The molecule has 70 heavy (non-hydrogen) atoms. The third kappa shape index (κ3) is 11.6. The number of halogens is 3. The third-order valence-corrected chi connectivity index (χ3v) is 14.1. The lowest BCUT2D eigenvalue weighted by Gasteiger charge is -2.63. The standard InChI is InChI=1S/C49H62F3N9O8S/c1-28-38(70-27-54-28)30-13-11-29(12-14-30)24-53-41(65)34-23-32(62)25-60(34)42(66)39(46(2,3)4)55-36(63)26-67-21-9-10-22-68-33-17-15-31(16-18-33)40(64)56-43-47(5,6)44(48(43,7)8)69-37-20-19-35-57-58-45(49(50,51)52)61(35)59-37/h11-18,27,32,34,39,43-44,62H,9-10,19-26H2,1-8H3,(H,53,65)(H,55,63)(H,56,64)/t32-,34-,39+,43?,44?/m0/s1. The minimum atomic E-state index is -4.72. The number of fused-ring (bicyclic) bond motifs is 1. The Morgan fingerprint density at radius 2 is 1.63 bits per heavy atom. The van der Waals surface area contributed by atoms with Crippen molar-refractivity contribution >= 4 is 40.9 Å². The van der Waals surface area contributed by atoms with Crippen LogP contribution in [-0.2, 0) is 43.0 Å². The third-order valence-electron chi connectivity index (χ3n) is 13.1. The summed E-state index contributed by atoms with van der Waals surface area (Å²) in [5, 5.41) is 30.4. The number of alkyl halides is 3. The Labute approximate surface area is 409 Å². The van der Waals surface area contributed by atoms with Gasteiger partial charge in [-0.05, 0) is 60.6 Å². The molecule has 7 rings (SSSR count). The van der Waals surface area contributed by atoms with Crippen LogP contribution in [0.4, 0.5) is 13.2 Å². The number of likely N-dealkylation sites (tertiary alicyclic amines) is 1. The van der Waals surface area contributed by atoms with E-state index >= 15 is 0 Å². The molecule has 0 radical (unpaired) electrons. The second-order valence-corrected chi connectivity index (χ2v) is 21.2. The van der Waals surface area contributed by atoms with Gasteiger partial charge >= 0.3 is 6.18 Å². The number of amides is 4. The molecule has 0 bridgehead atoms. The van der Waals surface area contributed by atoms with Gasteiger partial charge in [0.25, 0.3) is 11.7 Å². The summed E-state index contributed by atoms with van der Waals surface area (Å²) in [5.41, 5.74) is 3.18. The molecule has 0 unspecified atom stereocenters. The van der Waals surface area contributed by atoms with E-state index < -0.39 is 64.4 Å². The molecule has 21 heteroatoms. The average Bonchev–Trinajstić information content (AvgIpc) is 4.05. The first-order valence-electron chi connectivity index (χ1n) is 23.4. The summed E-state index contributed by atoms with van der Waals surface area (Å²) in [4.78, 5) is 60.6. The molecule has 4 heterocycles. The van der Waals surface area contributed by atoms with E-state index in [0.29, 0.717) is 35.4 Å². The minimum absolute atomic E-state index is 0.0363. The van der Waals surface area contributed by atoms with Crippen LogP contribution in [-0.4, -0.2) is 116 Å². The summed E-state index contributed by atoms with van der Waals surface area (Å²) >= 11 is 1.56. The van der Waals surface area contributed by atoms with Gasteiger partial charge in [0, 0.05) is 61.4 Å². The Morgan fingerprint density at radius 3 is 2.27 bits per heavy atom. The van der Waals surface area contributed by atoms with Crippen molar-refractivity contribution in [1.29, 1.82) is 0 Å². The van der Waals surface area contributed by atoms with E-state index in [0.717, 1.165) is 21.7 Å². The number of carbonyl (C=O) groups excluding carboxylic acids is 4. The van der Waals surface area contributed by atoms with Gasteiger partial charge in [-0.15, -0.1) is 26.6 Å². The first-order valence-corrected chi connectivity index (χ1v) is 24.3.